The average Bonchev–Trinajstić information content (AvgIpc) is 2.58. The average molecular weight is 273 g/mol. The van der Waals surface area contributed by atoms with Gasteiger partial charge in [0.05, 0.1) is 7.11 Å². The first-order chi connectivity index (χ1) is 8.11. The van der Waals surface area contributed by atoms with Crippen molar-refractivity contribution in [2.24, 2.45) is 11.7 Å². The maximum atomic E-state index is 9.70. The summed E-state index contributed by atoms with van der Waals surface area (Å²) in [4.78, 5) is 2.30. The Kier molecular flexibility index (Phi) is 5.26. The Morgan fingerprint density at radius 1 is 1.44 bits per heavy atom. The number of hydrogen-bond donors (Lipinski definition) is 2. The Morgan fingerprint density at radius 3 is 2.72 bits per heavy atom. The van der Waals surface area contributed by atoms with Gasteiger partial charge in [-0.3, -0.25) is 4.90 Å². The lowest BCUT2D eigenvalue weighted by Crippen LogP contribution is -2.28. The zero-order chi connectivity index (χ0) is 12.4. The predicted molar refractivity (Wildman–Crippen MR) is 74.3 cm³/mol. The number of benzene rings is 1. The molecule has 0 radical (unpaired) electrons. The summed E-state index contributed by atoms with van der Waals surface area (Å²) in [6.07, 6.45) is 0. The van der Waals surface area contributed by atoms with Crippen LogP contribution in [0.3, 0.4) is 0 Å². The molecule has 3 N–H and O–H groups in total. The molecule has 1 heterocycles. The summed E-state index contributed by atoms with van der Waals surface area (Å²) in [5, 5.41) is 9.70. The molecule has 102 valence electrons. The number of aromatic hydroxyl groups is 1. The fourth-order valence-electron chi connectivity index (χ4n) is 2.40. The second-order valence-electron chi connectivity index (χ2n) is 4.80. The van der Waals surface area contributed by atoms with Gasteiger partial charge in [-0.1, -0.05) is 19.1 Å². The molecule has 18 heavy (non-hydrogen) atoms. The van der Waals surface area contributed by atoms with Crippen LogP contribution in [0.5, 0.6) is 11.5 Å². The van der Waals surface area contributed by atoms with E-state index in [0.29, 0.717) is 11.7 Å². The van der Waals surface area contributed by atoms with E-state index in [9.17, 15) is 5.11 Å². The summed E-state index contributed by atoms with van der Waals surface area (Å²) in [6.45, 7) is 4.85. The minimum Gasteiger partial charge on any atom is -0.504 e. The monoisotopic (exact) mass is 272 g/mol. The van der Waals surface area contributed by atoms with E-state index in [0.717, 1.165) is 25.2 Å². The van der Waals surface area contributed by atoms with Crippen molar-refractivity contribution in [3.8, 4) is 11.5 Å². The lowest BCUT2D eigenvalue weighted by Gasteiger charge is -2.17. The molecule has 1 saturated heterocycles. The lowest BCUT2D eigenvalue weighted by molar-refractivity contribution is 0.305. The Hall–Kier alpha value is -0.970. The highest BCUT2D eigenvalue weighted by atomic mass is 35.5. The fraction of sp³-hybridized carbons (Fsp3) is 0.538. The maximum absolute atomic E-state index is 9.70. The largest absolute Gasteiger partial charge is 0.504 e. The van der Waals surface area contributed by atoms with Gasteiger partial charge >= 0.3 is 0 Å². The third kappa shape index (κ3) is 3.07. The van der Waals surface area contributed by atoms with Crippen LogP contribution < -0.4 is 10.5 Å². The number of halogens is 1. The topological polar surface area (TPSA) is 58.7 Å². The number of hydrogen-bond acceptors (Lipinski definition) is 4. The maximum Gasteiger partial charge on any atom is 0.164 e. The van der Waals surface area contributed by atoms with Gasteiger partial charge in [-0.2, -0.15) is 0 Å². The molecule has 0 saturated carbocycles. The highest BCUT2D eigenvalue weighted by Gasteiger charge is 2.27. The van der Waals surface area contributed by atoms with Crippen LogP contribution >= 0.6 is 12.4 Å². The molecule has 2 rings (SSSR count). The Bertz CT molecular complexity index is 391. The van der Waals surface area contributed by atoms with Crippen LogP contribution in [-0.2, 0) is 6.54 Å². The van der Waals surface area contributed by atoms with Crippen molar-refractivity contribution in [2.75, 3.05) is 20.2 Å². The van der Waals surface area contributed by atoms with E-state index in [-0.39, 0.29) is 24.2 Å². The number of methoxy groups -OCH3 is 1. The lowest BCUT2D eigenvalue weighted by atomic mass is 10.1. The number of rotatable bonds is 3. The number of nitrogens with zero attached hydrogens (tertiary/aromatic N) is 1. The van der Waals surface area contributed by atoms with Crippen LogP contribution in [0.15, 0.2) is 18.2 Å². The van der Waals surface area contributed by atoms with E-state index in [1.165, 1.54) is 0 Å². The molecular formula is C13H21ClN2O2. The number of ether oxygens (including phenoxy) is 1. The van der Waals surface area contributed by atoms with E-state index in [1.807, 2.05) is 12.1 Å². The summed E-state index contributed by atoms with van der Waals surface area (Å²) in [5.41, 5.74) is 7.01. The molecule has 0 bridgehead atoms. The van der Waals surface area contributed by atoms with Crippen molar-refractivity contribution in [3.05, 3.63) is 23.8 Å². The van der Waals surface area contributed by atoms with Gasteiger partial charge in [-0.15, -0.1) is 12.4 Å². The molecule has 0 aliphatic carbocycles. The van der Waals surface area contributed by atoms with Crippen molar-refractivity contribution in [3.63, 3.8) is 0 Å². The van der Waals surface area contributed by atoms with Gasteiger partial charge in [-0.05, 0) is 12.0 Å². The van der Waals surface area contributed by atoms with Crippen molar-refractivity contribution in [1.29, 1.82) is 0 Å². The van der Waals surface area contributed by atoms with E-state index in [4.69, 9.17) is 10.5 Å². The Morgan fingerprint density at radius 2 is 2.17 bits per heavy atom. The molecule has 0 spiro atoms. The zero-order valence-electron chi connectivity index (χ0n) is 10.8. The van der Waals surface area contributed by atoms with E-state index < -0.39 is 0 Å². The van der Waals surface area contributed by atoms with Crippen molar-refractivity contribution >= 4 is 12.4 Å². The number of phenolic OH excluding ortho intramolecular Hbond substituents is 1. The van der Waals surface area contributed by atoms with Crippen LogP contribution in [0.2, 0.25) is 0 Å². The minimum absolute atomic E-state index is 0. The molecule has 1 fully saturated rings. The number of nitrogens with two attached hydrogens (primary N) is 1. The Labute approximate surface area is 114 Å². The van der Waals surface area contributed by atoms with Gasteiger partial charge in [0.15, 0.2) is 11.5 Å². The van der Waals surface area contributed by atoms with Crippen LogP contribution in [-0.4, -0.2) is 36.2 Å². The molecule has 0 aromatic heterocycles. The second-order valence-corrected chi connectivity index (χ2v) is 4.80. The zero-order valence-corrected chi connectivity index (χ0v) is 11.6. The first-order valence-electron chi connectivity index (χ1n) is 5.94. The molecule has 1 aliphatic heterocycles. The molecule has 2 atom stereocenters. The van der Waals surface area contributed by atoms with Crippen molar-refractivity contribution < 1.29 is 9.84 Å². The van der Waals surface area contributed by atoms with Crippen LogP contribution in [0, 0.1) is 5.92 Å². The molecule has 1 aromatic rings. The summed E-state index contributed by atoms with van der Waals surface area (Å²) in [7, 11) is 1.58. The highest BCUT2D eigenvalue weighted by molar-refractivity contribution is 5.85. The number of para-hydroxylation sites is 1. The van der Waals surface area contributed by atoms with E-state index >= 15 is 0 Å². The molecule has 2 unspecified atom stereocenters. The second kappa shape index (κ2) is 6.27. The fourth-order valence-corrected chi connectivity index (χ4v) is 2.40. The van der Waals surface area contributed by atoms with Crippen molar-refractivity contribution in [2.45, 2.75) is 19.5 Å². The molecule has 1 aliphatic rings. The van der Waals surface area contributed by atoms with Gasteiger partial charge in [0.1, 0.15) is 0 Å². The minimum atomic E-state index is 0. The predicted octanol–water partition coefficient (Wildman–Crippen LogP) is 1.60. The molecule has 4 nitrogen and oxygen atoms in total. The van der Waals surface area contributed by atoms with E-state index in [2.05, 4.69) is 11.8 Å². The first-order valence-corrected chi connectivity index (χ1v) is 5.94. The number of likely N-dealkylation sites (tertiary alicyclic amines) is 1. The number of phenols is 1. The first kappa shape index (κ1) is 15.1. The molecule has 5 heteroatoms. The summed E-state index contributed by atoms with van der Waals surface area (Å²) < 4.78 is 5.23. The van der Waals surface area contributed by atoms with Gasteiger partial charge in [-0.25, -0.2) is 0 Å². The van der Waals surface area contributed by atoms with Crippen LogP contribution in [0.1, 0.15) is 12.5 Å². The SMILES string of the molecule is COc1c(O)cccc1CN1CC(C)C(N)C1.Cl. The molecular weight excluding hydrogens is 252 g/mol. The normalized spacial score (nSPS) is 23.7. The van der Waals surface area contributed by atoms with Gasteiger partial charge in [0.2, 0.25) is 0 Å². The van der Waals surface area contributed by atoms with Crippen LogP contribution in [0.25, 0.3) is 0 Å². The molecule has 1 aromatic carbocycles. The summed E-state index contributed by atoms with van der Waals surface area (Å²) in [6, 6.07) is 5.71. The molecule has 0 amide bonds. The van der Waals surface area contributed by atoms with E-state index in [1.54, 1.807) is 13.2 Å². The van der Waals surface area contributed by atoms with Crippen molar-refractivity contribution in [1.82, 2.24) is 4.90 Å². The summed E-state index contributed by atoms with van der Waals surface area (Å²) in [5.74, 6) is 1.29. The smallest absolute Gasteiger partial charge is 0.164 e. The van der Waals surface area contributed by atoms with Gasteiger partial charge in [0, 0.05) is 31.2 Å². The van der Waals surface area contributed by atoms with Gasteiger partial charge in [0.25, 0.3) is 0 Å². The quantitative estimate of drug-likeness (QED) is 0.878. The third-order valence-electron chi connectivity index (χ3n) is 3.42. The highest BCUT2D eigenvalue weighted by Crippen LogP contribution is 2.31. The van der Waals surface area contributed by atoms with Crippen LogP contribution in [0.4, 0.5) is 0 Å². The third-order valence-corrected chi connectivity index (χ3v) is 3.42. The van der Waals surface area contributed by atoms with Gasteiger partial charge < -0.3 is 15.6 Å². The Balaban J connectivity index is 0.00000162. The standard InChI is InChI=1S/C13H20N2O2.ClH/c1-9-6-15(8-11(9)14)7-10-4-3-5-12(16)13(10)17-2;/h3-5,9,11,16H,6-8,14H2,1-2H3;1H. The summed E-state index contributed by atoms with van der Waals surface area (Å²) >= 11 is 0.